The molecule has 0 aromatic carbocycles. The fourth-order valence-electron chi connectivity index (χ4n) is 9.22. The molecule has 1 amide bonds. The number of amides is 1. The minimum atomic E-state index is -1.79. The molecule has 9 N–H and O–H groups in total. The van der Waals surface area contributed by atoms with Crippen LogP contribution in [0.3, 0.4) is 0 Å². The molecule has 0 bridgehead atoms. The first-order chi connectivity index (χ1) is 39.1. The lowest BCUT2D eigenvalue weighted by Crippen LogP contribution is -2.65. The molecule has 2 fully saturated rings. The summed E-state index contributed by atoms with van der Waals surface area (Å²) in [6, 6.07) is -0.924. The van der Waals surface area contributed by atoms with Gasteiger partial charge < -0.3 is 65.1 Å². The Hall–Kier alpha value is -3.61. The highest BCUT2D eigenvalue weighted by Gasteiger charge is 2.51. The van der Waals surface area contributed by atoms with Crippen molar-refractivity contribution in [3.8, 4) is 0 Å². The smallest absolute Gasteiger partial charge is 0.220 e. The second-order valence-corrected chi connectivity index (χ2v) is 21.1. The number of carbonyl (C=O) groups excluding carboxylic acids is 1. The largest absolute Gasteiger partial charge is 0.394 e. The Morgan fingerprint density at radius 3 is 1.32 bits per heavy atom. The van der Waals surface area contributed by atoms with E-state index in [4.69, 9.17) is 18.9 Å². The summed E-state index contributed by atoms with van der Waals surface area (Å²) in [7, 11) is 0. The number of nitrogens with one attached hydrogen (secondary N) is 1. The van der Waals surface area contributed by atoms with Crippen molar-refractivity contribution in [2.24, 2.45) is 0 Å². The summed E-state index contributed by atoms with van der Waals surface area (Å²) >= 11 is 0. The summed E-state index contributed by atoms with van der Waals surface area (Å²) in [6.45, 7) is 2.61. The van der Waals surface area contributed by atoms with Crippen molar-refractivity contribution >= 4 is 5.91 Å². The molecule has 0 spiro atoms. The summed E-state index contributed by atoms with van der Waals surface area (Å²) in [6.07, 6.45) is 55.5. The molecule has 2 aliphatic rings. The van der Waals surface area contributed by atoms with E-state index in [0.717, 1.165) is 109 Å². The Labute approximate surface area is 482 Å². The van der Waals surface area contributed by atoms with Crippen LogP contribution >= 0.6 is 0 Å². The fourth-order valence-corrected chi connectivity index (χ4v) is 9.22. The third-order valence-corrected chi connectivity index (χ3v) is 14.2. The average molecular weight is 1120 g/mol. The fraction of sp³-hybridized carbons (Fsp3) is 0.682. The number of aliphatic hydroxyl groups excluding tert-OH is 8. The first-order valence-corrected chi connectivity index (χ1v) is 30.8. The van der Waals surface area contributed by atoms with Gasteiger partial charge in [-0.05, 0) is 89.9 Å². The van der Waals surface area contributed by atoms with Gasteiger partial charge in [0, 0.05) is 6.42 Å². The van der Waals surface area contributed by atoms with E-state index in [1.807, 2.05) is 6.08 Å². The van der Waals surface area contributed by atoms with Crippen LogP contribution in [-0.4, -0.2) is 140 Å². The minimum Gasteiger partial charge on any atom is -0.394 e. The molecule has 0 aliphatic carbocycles. The van der Waals surface area contributed by atoms with E-state index in [9.17, 15) is 45.6 Å². The number of hydrogen-bond acceptors (Lipinski definition) is 13. The van der Waals surface area contributed by atoms with Gasteiger partial charge in [-0.2, -0.15) is 0 Å². The van der Waals surface area contributed by atoms with Crippen molar-refractivity contribution in [3.63, 3.8) is 0 Å². The molecule has 14 heteroatoms. The van der Waals surface area contributed by atoms with Gasteiger partial charge in [-0.3, -0.25) is 4.79 Å². The molecule has 0 aromatic heterocycles. The number of hydrogen-bond donors (Lipinski definition) is 9. The van der Waals surface area contributed by atoms with Crippen molar-refractivity contribution in [3.05, 3.63) is 122 Å². The second kappa shape index (κ2) is 50.0. The van der Waals surface area contributed by atoms with Gasteiger partial charge in [0.05, 0.1) is 32.0 Å². The number of carbonyl (C=O) groups is 1. The van der Waals surface area contributed by atoms with Gasteiger partial charge >= 0.3 is 0 Å². The minimum absolute atomic E-state index is 0.255. The summed E-state index contributed by atoms with van der Waals surface area (Å²) in [5.41, 5.74) is 0. The summed E-state index contributed by atoms with van der Waals surface area (Å²) < 4.78 is 22.7. The molecule has 12 unspecified atom stereocenters. The zero-order valence-electron chi connectivity index (χ0n) is 49.0. The molecule has 0 saturated carbocycles. The highest BCUT2D eigenvalue weighted by molar-refractivity contribution is 5.76. The van der Waals surface area contributed by atoms with Crippen LogP contribution in [0.4, 0.5) is 0 Å². The van der Waals surface area contributed by atoms with Crippen LogP contribution in [0.15, 0.2) is 122 Å². The van der Waals surface area contributed by atoms with Crippen LogP contribution in [-0.2, 0) is 23.7 Å². The zero-order valence-corrected chi connectivity index (χ0v) is 49.0. The summed E-state index contributed by atoms with van der Waals surface area (Å²) in [4.78, 5) is 13.2. The Morgan fingerprint density at radius 1 is 0.463 bits per heavy atom. The number of ether oxygens (including phenoxy) is 4. The molecule has 0 aromatic rings. The van der Waals surface area contributed by atoms with E-state index in [-0.39, 0.29) is 18.9 Å². The lowest BCUT2D eigenvalue weighted by Gasteiger charge is -2.46. The highest BCUT2D eigenvalue weighted by Crippen LogP contribution is 2.30. The van der Waals surface area contributed by atoms with E-state index in [1.54, 1.807) is 6.08 Å². The van der Waals surface area contributed by atoms with Crippen LogP contribution in [0.1, 0.15) is 194 Å². The first kappa shape index (κ1) is 72.5. The quantitative estimate of drug-likeness (QED) is 0.0204. The second-order valence-electron chi connectivity index (χ2n) is 21.1. The van der Waals surface area contributed by atoms with Gasteiger partial charge in [-0.25, -0.2) is 0 Å². The summed E-state index contributed by atoms with van der Waals surface area (Å²) in [5, 5.41) is 86.8. The average Bonchev–Trinajstić information content (AvgIpc) is 3.49. The van der Waals surface area contributed by atoms with Crippen molar-refractivity contribution in [2.75, 3.05) is 19.8 Å². The Kier molecular flexibility index (Phi) is 45.3. The van der Waals surface area contributed by atoms with Crippen LogP contribution in [0.2, 0.25) is 0 Å². The molecular formula is C66H109NO13. The van der Waals surface area contributed by atoms with E-state index in [1.165, 1.54) is 57.8 Å². The van der Waals surface area contributed by atoms with E-state index >= 15 is 0 Å². The van der Waals surface area contributed by atoms with Gasteiger partial charge in [0.2, 0.25) is 5.91 Å². The van der Waals surface area contributed by atoms with E-state index in [0.29, 0.717) is 6.42 Å². The molecule has 2 rings (SSSR count). The number of rotatable bonds is 47. The van der Waals surface area contributed by atoms with Crippen LogP contribution in [0.5, 0.6) is 0 Å². The SMILES string of the molecule is CC/C=C\C/C=C\C/C=C\C/C=C\C/C=C\C/C=C\C/C=C\C/C=C\C/C=C\CCCCCCCCCCCC(=O)NC(COC1OC(CO)C(OC2OC(CO)C(O)C(O)C2O)C(O)C1O)C(O)/C=C/CCCCCCCCC. The van der Waals surface area contributed by atoms with Crippen LogP contribution in [0, 0.1) is 0 Å². The molecule has 2 aliphatic heterocycles. The topological polar surface area (TPSA) is 228 Å². The first-order valence-electron chi connectivity index (χ1n) is 30.8. The molecule has 12 atom stereocenters. The maximum atomic E-state index is 13.2. The third kappa shape index (κ3) is 34.7. The zero-order chi connectivity index (χ0) is 58.1. The number of unbranched alkanes of at least 4 members (excludes halogenated alkanes) is 16. The molecule has 456 valence electrons. The van der Waals surface area contributed by atoms with Crippen molar-refractivity contribution in [1.29, 1.82) is 0 Å². The lowest BCUT2D eigenvalue weighted by atomic mass is 9.97. The molecule has 2 heterocycles. The Morgan fingerprint density at radius 2 is 0.863 bits per heavy atom. The molecule has 0 radical (unpaired) electrons. The predicted octanol–water partition coefficient (Wildman–Crippen LogP) is 11.0. The normalized spacial score (nSPS) is 25.1. The van der Waals surface area contributed by atoms with Gasteiger partial charge in [0.25, 0.3) is 0 Å². The van der Waals surface area contributed by atoms with Crippen LogP contribution in [0.25, 0.3) is 0 Å². The molecule has 80 heavy (non-hydrogen) atoms. The van der Waals surface area contributed by atoms with Crippen molar-refractivity contribution in [2.45, 2.75) is 267 Å². The predicted molar refractivity (Wildman–Crippen MR) is 322 cm³/mol. The maximum Gasteiger partial charge on any atom is 0.220 e. The van der Waals surface area contributed by atoms with E-state index < -0.39 is 86.8 Å². The lowest BCUT2D eigenvalue weighted by molar-refractivity contribution is -0.359. The Balaban J connectivity index is 1.61. The maximum absolute atomic E-state index is 13.2. The van der Waals surface area contributed by atoms with Crippen molar-refractivity contribution in [1.82, 2.24) is 5.32 Å². The van der Waals surface area contributed by atoms with Gasteiger partial charge in [-0.15, -0.1) is 0 Å². The Bertz CT molecular complexity index is 1800. The molecule has 14 nitrogen and oxygen atoms in total. The molecule has 2 saturated heterocycles. The van der Waals surface area contributed by atoms with E-state index in [2.05, 4.69) is 129 Å². The van der Waals surface area contributed by atoms with Crippen molar-refractivity contribution < 1.29 is 64.6 Å². The number of allylic oxidation sites excluding steroid dienone is 19. The third-order valence-electron chi connectivity index (χ3n) is 14.2. The summed E-state index contributed by atoms with van der Waals surface area (Å²) in [5.74, 6) is -0.255. The standard InChI is InChI=1S/C66H109NO13/c1-3-5-7-9-11-13-14-15-16-17-18-19-20-21-22-23-24-25-26-27-28-29-30-31-32-33-34-35-36-37-38-39-40-42-44-46-48-50-58(71)67-54(55(70)49-47-45-43-41-12-10-8-6-4-2)53-77-65-63(76)61(74)64(57(52-69)79-65)80-66-62(75)60(73)59(72)56(51-68)78-66/h5,7,11,13,15-16,18-19,21-22,24-25,27-28,30-31,33-34,47,49,54-57,59-66,68-70,72-76H,3-4,6,8-10,12,14,17,20,23,26,29,32,35-46,48,50-53H2,1-2H3,(H,67,71)/b7-5-,13-11-,16-15-,19-18-,22-21-,25-24-,28-27-,31-30-,34-33-,49-47+. The van der Waals surface area contributed by atoms with Gasteiger partial charge in [-0.1, -0.05) is 219 Å². The number of aliphatic hydroxyl groups is 8. The monoisotopic (exact) mass is 1120 g/mol. The highest BCUT2D eigenvalue weighted by atomic mass is 16.7. The molecular weight excluding hydrogens is 1010 g/mol. The van der Waals surface area contributed by atoms with Gasteiger partial charge in [0.1, 0.15) is 48.8 Å². The van der Waals surface area contributed by atoms with Gasteiger partial charge in [0.15, 0.2) is 12.6 Å². The van der Waals surface area contributed by atoms with Crippen LogP contribution < -0.4 is 5.32 Å².